The van der Waals surface area contributed by atoms with E-state index in [1.165, 1.54) is 18.2 Å². The van der Waals surface area contributed by atoms with Crippen LogP contribution in [0.3, 0.4) is 0 Å². The smallest absolute Gasteiger partial charge is 0.225 e. The largest absolute Gasteiger partial charge is 0.345 e. The second kappa shape index (κ2) is 4.68. The number of hydrogen-bond donors (Lipinski definition) is 1. The molecule has 2 aliphatic rings. The number of aromatic amines is 1. The first kappa shape index (κ1) is 12.9. The minimum atomic E-state index is 0.190. The van der Waals surface area contributed by atoms with Crippen LogP contribution >= 0.6 is 0 Å². The number of benzene rings is 1. The third-order valence-corrected chi connectivity index (χ3v) is 5.02. The van der Waals surface area contributed by atoms with Crippen molar-refractivity contribution >= 4 is 22.7 Å². The zero-order chi connectivity index (χ0) is 15.3. The van der Waals surface area contributed by atoms with E-state index < -0.39 is 0 Å². The Labute approximate surface area is 134 Å². The Kier molecular flexibility index (Phi) is 2.62. The maximum Gasteiger partial charge on any atom is 0.225 e. The van der Waals surface area contributed by atoms with Gasteiger partial charge in [-0.3, -0.25) is 5.10 Å². The molecule has 5 rings (SSSR count). The highest BCUT2D eigenvalue weighted by atomic mass is 15.4. The molecule has 1 saturated heterocycles. The van der Waals surface area contributed by atoms with Gasteiger partial charge in [-0.1, -0.05) is 12.1 Å². The van der Waals surface area contributed by atoms with Crippen molar-refractivity contribution in [2.24, 2.45) is 0 Å². The van der Waals surface area contributed by atoms with E-state index in [1.807, 2.05) is 24.5 Å². The molecule has 2 fully saturated rings. The number of para-hydroxylation sites is 1. The quantitative estimate of drug-likeness (QED) is 0.786. The highest BCUT2D eigenvalue weighted by Gasteiger charge is 2.52. The summed E-state index contributed by atoms with van der Waals surface area (Å²) >= 11 is 0. The molecule has 23 heavy (non-hydrogen) atoms. The molecule has 6 heteroatoms. The van der Waals surface area contributed by atoms with Gasteiger partial charge in [0.1, 0.15) is 0 Å². The standard InChI is InChI=1S/C17H18N6/c1-2-5-14-13(4-1)15(21-20-14)23-11-10-22(12-17(23)6-7-17)16-18-8-3-9-19-16/h1-5,8-9H,6-7,10-12H2,(H,20,21). The maximum atomic E-state index is 4.60. The molecule has 3 aromatic rings. The van der Waals surface area contributed by atoms with Gasteiger partial charge in [-0.2, -0.15) is 5.10 Å². The van der Waals surface area contributed by atoms with Crippen LogP contribution in [0.25, 0.3) is 10.9 Å². The van der Waals surface area contributed by atoms with E-state index in [1.54, 1.807) is 0 Å². The number of H-pyrrole nitrogens is 1. The van der Waals surface area contributed by atoms with Crippen LogP contribution in [0.1, 0.15) is 12.8 Å². The van der Waals surface area contributed by atoms with Crippen molar-refractivity contribution in [2.45, 2.75) is 18.4 Å². The molecule has 0 amide bonds. The Morgan fingerprint density at radius 3 is 2.65 bits per heavy atom. The van der Waals surface area contributed by atoms with Crippen molar-refractivity contribution in [3.8, 4) is 0 Å². The molecule has 1 saturated carbocycles. The third kappa shape index (κ3) is 1.98. The van der Waals surface area contributed by atoms with Crippen LogP contribution in [0.15, 0.2) is 42.7 Å². The van der Waals surface area contributed by atoms with E-state index in [2.05, 4.69) is 48.2 Å². The Hall–Kier alpha value is -2.63. The summed E-state index contributed by atoms with van der Waals surface area (Å²) in [4.78, 5) is 13.6. The predicted octanol–water partition coefficient (Wildman–Crippen LogP) is 2.21. The lowest BCUT2D eigenvalue weighted by Gasteiger charge is -2.42. The van der Waals surface area contributed by atoms with E-state index >= 15 is 0 Å². The fourth-order valence-corrected chi connectivity index (χ4v) is 3.66. The van der Waals surface area contributed by atoms with Crippen molar-refractivity contribution in [1.29, 1.82) is 0 Å². The number of fused-ring (bicyclic) bond motifs is 1. The van der Waals surface area contributed by atoms with Gasteiger partial charge in [-0.05, 0) is 31.0 Å². The summed E-state index contributed by atoms with van der Waals surface area (Å²) in [5.41, 5.74) is 1.29. The van der Waals surface area contributed by atoms with Gasteiger partial charge < -0.3 is 9.80 Å². The second-order valence-corrected chi connectivity index (χ2v) is 6.44. The highest BCUT2D eigenvalue weighted by molar-refractivity contribution is 5.90. The van der Waals surface area contributed by atoms with Crippen molar-refractivity contribution < 1.29 is 0 Å². The summed E-state index contributed by atoms with van der Waals surface area (Å²) in [7, 11) is 0. The first-order valence-electron chi connectivity index (χ1n) is 8.09. The Balaban J connectivity index is 1.48. The number of anilines is 2. The van der Waals surface area contributed by atoms with Gasteiger partial charge in [-0.15, -0.1) is 0 Å². The van der Waals surface area contributed by atoms with Gasteiger partial charge in [0.25, 0.3) is 0 Å². The zero-order valence-electron chi connectivity index (χ0n) is 12.8. The SMILES string of the molecule is c1cnc(N2CCN(c3n[nH]c4ccccc34)C3(CC3)C2)nc1. The fourth-order valence-electron chi connectivity index (χ4n) is 3.66. The monoisotopic (exact) mass is 306 g/mol. The Morgan fingerprint density at radius 1 is 1.00 bits per heavy atom. The molecule has 116 valence electrons. The van der Waals surface area contributed by atoms with Crippen LogP contribution in [0.2, 0.25) is 0 Å². The van der Waals surface area contributed by atoms with Crippen LogP contribution in [0.4, 0.5) is 11.8 Å². The zero-order valence-corrected chi connectivity index (χ0v) is 12.8. The summed E-state index contributed by atoms with van der Waals surface area (Å²) in [5, 5.41) is 8.98. The van der Waals surface area contributed by atoms with Gasteiger partial charge >= 0.3 is 0 Å². The van der Waals surface area contributed by atoms with Crippen LogP contribution in [0.5, 0.6) is 0 Å². The van der Waals surface area contributed by atoms with Gasteiger partial charge in [0.2, 0.25) is 5.95 Å². The van der Waals surface area contributed by atoms with E-state index in [-0.39, 0.29) is 5.54 Å². The molecule has 0 radical (unpaired) electrons. The highest BCUT2D eigenvalue weighted by Crippen LogP contribution is 2.47. The van der Waals surface area contributed by atoms with E-state index in [0.29, 0.717) is 0 Å². The number of aromatic nitrogens is 4. The number of piperazine rings is 1. The normalized spacial score (nSPS) is 19.5. The van der Waals surface area contributed by atoms with Crippen molar-refractivity contribution in [1.82, 2.24) is 20.2 Å². The molecule has 1 aliphatic carbocycles. The lowest BCUT2D eigenvalue weighted by atomic mass is 10.1. The maximum absolute atomic E-state index is 4.60. The van der Waals surface area contributed by atoms with Gasteiger partial charge in [0.05, 0.1) is 11.1 Å². The predicted molar refractivity (Wildman–Crippen MR) is 89.6 cm³/mol. The van der Waals surface area contributed by atoms with Crippen LogP contribution in [-0.2, 0) is 0 Å². The third-order valence-electron chi connectivity index (χ3n) is 5.02. The minimum absolute atomic E-state index is 0.190. The summed E-state index contributed by atoms with van der Waals surface area (Å²) in [6.45, 7) is 2.85. The summed E-state index contributed by atoms with van der Waals surface area (Å²) in [6, 6.07) is 10.2. The van der Waals surface area contributed by atoms with Crippen LogP contribution in [0, 0.1) is 0 Å². The molecule has 1 N–H and O–H groups in total. The lowest BCUT2D eigenvalue weighted by Crippen LogP contribution is -2.56. The fraction of sp³-hybridized carbons (Fsp3) is 0.353. The molecule has 1 spiro atoms. The average molecular weight is 306 g/mol. The molecule has 0 unspecified atom stereocenters. The van der Waals surface area contributed by atoms with Crippen LogP contribution < -0.4 is 9.80 Å². The molecular weight excluding hydrogens is 288 g/mol. The molecule has 0 atom stereocenters. The first-order valence-corrected chi connectivity index (χ1v) is 8.09. The van der Waals surface area contributed by atoms with Crippen LogP contribution in [-0.4, -0.2) is 45.3 Å². The Bertz CT molecular complexity index is 838. The molecule has 0 bridgehead atoms. The van der Waals surface area contributed by atoms with Crippen molar-refractivity contribution in [3.05, 3.63) is 42.7 Å². The molecule has 1 aliphatic heterocycles. The van der Waals surface area contributed by atoms with E-state index in [9.17, 15) is 0 Å². The molecule has 3 heterocycles. The second-order valence-electron chi connectivity index (χ2n) is 6.44. The number of nitrogens with one attached hydrogen (secondary N) is 1. The molecule has 6 nitrogen and oxygen atoms in total. The number of hydrogen-bond acceptors (Lipinski definition) is 5. The molecular formula is C17H18N6. The van der Waals surface area contributed by atoms with Gasteiger partial charge in [0, 0.05) is 37.4 Å². The number of rotatable bonds is 2. The van der Waals surface area contributed by atoms with Gasteiger partial charge in [-0.25, -0.2) is 9.97 Å². The van der Waals surface area contributed by atoms with Crippen molar-refractivity contribution in [3.63, 3.8) is 0 Å². The summed E-state index contributed by atoms with van der Waals surface area (Å²) < 4.78 is 0. The van der Waals surface area contributed by atoms with Crippen molar-refractivity contribution in [2.75, 3.05) is 29.4 Å². The van der Waals surface area contributed by atoms with E-state index in [0.717, 1.165) is 36.9 Å². The topological polar surface area (TPSA) is 60.9 Å². The average Bonchev–Trinajstić information content (AvgIpc) is 3.24. The lowest BCUT2D eigenvalue weighted by molar-refractivity contribution is 0.500. The summed E-state index contributed by atoms with van der Waals surface area (Å²) in [6.07, 6.45) is 6.04. The molecule has 2 aromatic heterocycles. The molecule has 1 aromatic carbocycles. The minimum Gasteiger partial charge on any atom is -0.345 e. The van der Waals surface area contributed by atoms with Gasteiger partial charge in [0.15, 0.2) is 5.82 Å². The van der Waals surface area contributed by atoms with E-state index in [4.69, 9.17) is 0 Å². The first-order chi connectivity index (χ1) is 11.4. The number of nitrogens with zero attached hydrogens (tertiary/aromatic N) is 5. The summed E-state index contributed by atoms with van der Waals surface area (Å²) in [5.74, 6) is 1.93. The Morgan fingerprint density at radius 2 is 1.83 bits per heavy atom.